The molecule has 0 fully saturated rings. The SMILES string of the molecule is CC(N=[N+]=[N-])C1=NOCCO1. The highest BCUT2D eigenvalue weighted by atomic mass is 16.7. The van der Waals surface area contributed by atoms with Gasteiger partial charge in [-0.2, -0.15) is 0 Å². The van der Waals surface area contributed by atoms with Crippen molar-refractivity contribution >= 4 is 5.90 Å². The van der Waals surface area contributed by atoms with Gasteiger partial charge >= 0.3 is 0 Å². The molecule has 1 unspecified atom stereocenters. The van der Waals surface area contributed by atoms with Crippen LogP contribution in [0.5, 0.6) is 0 Å². The van der Waals surface area contributed by atoms with E-state index in [2.05, 4.69) is 15.2 Å². The molecule has 0 bridgehead atoms. The maximum absolute atomic E-state index is 8.07. The third kappa shape index (κ3) is 2.01. The molecule has 1 rings (SSSR count). The van der Waals surface area contributed by atoms with E-state index in [1.165, 1.54) is 0 Å². The van der Waals surface area contributed by atoms with Crippen molar-refractivity contribution < 1.29 is 9.57 Å². The van der Waals surface area contributed by atoms with Crippen LogP contribution in [-0.4, -0.2) is 25.2 Å². The number of azide groups is 1. The molecule has 0 N–H and O–H groups in total. The molecule has 0 aliphatic carbocycles. The van der Waals surface area contributed by atoms with E-state index < -0.39 is 0 Å². The Morgan fingerprint density at radius 3 is 3.09 bits per heavy atom. The molecule has 0 saturated heterocycles. The quantitative estimate of drug-likeness (QED) is 0.340. The van der Waals surface area contributed by atoms with Crippen LogP contribution < -0.4 is 0 Å². The van der Waals surface area contributed by atoms with Crippen LogP contribution in [-0.2, 0) is 9.57 Å². The number of oxime groups is 1. The molecule has 11 heavy (non-hydrogen) atoms. The number of nitrogens with zero attached hydrogens (tertiary/aromatic N) is 4. The topological polar surface area (TPSA) is 79.6 Å². The first-order valence-electron chi connectivity index (χ1n) is 3.21. The maximum atomic E-state index is 8.07. The first-order chi connectivity index (χ1) is 5.34. The van der Waals surface area contributed by atoms with Crippen LogP contribution in [0.2, 0.25) is 0 Å². The van der Waals surface area contributed by atoms with Crippen molar-refractivity contribution in [2.24, 2.45) is 10.3 Å². The van der Waals surface area contributed by atoms with Crippen molar-refractivity contribution in [3.05, 3.63) is 10.4 Å². The van der Waals surface area contributed by atoms with Gasteiger partial charge in [0.15, 0.2) is 6.61 Å². The Morgan fingerprint density at radius 2 is 2.55 bits per heavy atom. The molecule has 1 heterocycles. The Hall–Kier alpha value is -1.42. The molecule has 1 atom stereocenters. The normalized spacial score (nSPS) is 18.5. The van der Waals surface area contributed by atoms with E-state index in [4.69, 9.17) is 15.1 Å². The zero-order valence-corrected chi connectivity index (χ0v) is 6.10. The van der Waals surface area contributed by atoms with Gasteiger partial charge in [-0.05, 0) is 12.5 Å². The molecule has 6 nitrogen and oxygen atoms in total. The summed E-state index contributed by atoms with van der Waals surface area (Å²) in [5.74, 6) is 0.342. The van der Waals surface area contributed by atoms with Crippen molar-refractivity contribution in [1.82, 2.24) is 0 Å². The molecule has 0 amide bonds. The van der Waals surface area contributed by atoms with Gasteiger partial charge in [0.2, 0.25) is 5.90 Å². The van der Waals surface area contributed by atoms with Gasteiger partial charge in [0, 0.05) is 4.91 Å². The van der Waals surface area contributed by atoms with Gasteiger partial charge in [0.25, 0.3) is 0 Å². The fourth-order valence-electron chi connectivity index (χ4n) is 0.643. The lowest BCUT2D eigenvalue weighted by atomic mass is 10.4. The molecule has 60 valence electrons. The van der Waals surface area contributed by atoms with E-state index in [0.29, 0.717) is 19.1 Å². The van der Waals surface area contributed by atoms with Gasteiger partial charge < -0.3 is 9.57 Å². The van der Waals surface area contributed by atoms with Crippen molar-refractivity contribution in [1.29, 1.82) is 0 Å². The van der Waals surface area contributed by atoms with Crippen molar-refractivity contribution in [3.8, 4) is 0 Å². The first kappa shape index (κ1) is 7.68. The van der Waals surface area contributed by atoms with Crippen molar-refractivity contribution in [3.63, 3.8) is 0 Å². The average molecular weight is 156 g/mol. The van der Waals surface area contributed by atoms with E-state index in [1.54, 1.807) is 6.92 Å². The van der Waals surface area contributed by atoms with Gasteiger partial charge in [-0.15, -0.1) is 0 Å². The van der Waals surface area contributed by atoms with Crippen LogP contribution in [0, 0.1) is 0 Å². The van der Waals surface area contributed by atoms with Crippen LogP contribution in [0.4, 0.5) is 0 Å². The highest BCUT2D eigenvalue weighted by Gasteiger charge is 2.13. The van der Waals surface area contributed by atoms with Gasteiger partial charge in [0.05, 0.1) is 0 Å². The average Bonchev–Trinajstić information content (AvgIpc) is 2.07. The lowest BCUT2D eigenvalue weighted by Crippen LogP contribution is -2.24. The zero-order valence-electron chi connectivity index (χ0n) is 6.10. The molecule has 0 aromatic rings. The summed E-state index contributed by atoms with van der Waals surface area (Å²) in [7, 11) is 0. The Labute approximate surface area is 63.4 Å². The minimum Gasteiger partial charge on any atom is -0.475 e. The Kier molecular flexibility index (Phi) is 2.57. The molecule has 6 heteroatoms. The van der Waals surface area contributed by atoms with Crippen LogP contribution >= 0.6 is 0 Å². The summed E-state index contributed by atoms with van der Waals surface area (Å²) in [5, 5.41) is 6.97. The minimum absolute atomic E-state index is 0.342. The van der Waals surface area contributed by atoms with E-state index in [-0.39, 0.29) is 6.04 Å². The summed E-state index contributed by atoms with van der Waals surface area (Å²) in [4.78, 5) is 7.35. The van der Waals surface area contributed by atoms with Crippen LogP contribution in [0.25, 0.3) is 10.4 Å². The van der Waals surface area contributed by atoms with Crippen molar-refractivity contribution in [2.75, 3.05) is 13.2 Å². The summed E-state index contributed by atoms with van der Waals surface area (Å²) in [6, 6.07) is -0.389. The molecule has 0 aromatic carbocycles. The third-order valence-electron chi connectivity index (χ3n) is 1.16. The standard InChI is InChI=1S/C5H8N4O2/c1-4(7-9-6)5-8-11-3-2-10-5/h4H,2-3H2,1H3. The molecular formula is C5H8N4O2. The second kappa shape index (κ2) is 3.68. The summed E-state index contributed by atoms with van der Waals surface area (Å²) < 4.78 is 5.05. The van der Waals surface area contributed by atoms with Crippen LogP contribution in [0.1, 0.15) is 6.92 Å². The molecule has 0 saturated carbocycles. The highest BCUT2D eigenvalue weighted by Crippen LogP contribution is 2.01. The second-order valence-electron chi connectivity index (χ2n) is 1.99. The fourth-order valence-corrected chi connectivity index (χ4v) is 0.643. The summed E-state index contributed by atoms with van der Waals surface area (Å²) in [6.07, 6.45) is 0. The van der Waals surface area contributed by atoms with Gasteiger partial charge in [-0.1, -0.05) is 10.3 Å². The van der Waals surface area contributed by atoms with E-state index in [0.717, 1.165) is 0 Å². The summed E-state index contributed by atoms with van der Waals surface area (Å²) in [6.45, 7) is 2.60. The Bertz CT molecular complexity index is 209. The molecular weight excluding hydrogens is 148 g/mol. The number of hydrogen-bond acceptors (Lipinski definition) is 4. The zero-order chi connectivity index (χ0) is 8.10. The lowest BCUT2D eigenvalue weighted by Gasteiger charge is -2.14. The monoisotopic (exact) mass is 156 g/mol. The van der Waals surface area contributed by atoms with E-state index in [1.807, 2.05) is 0 Å². The summed E-state index contributed by atoms with van der Waals surface area (Å²) >= 11 is 0. The molecule has 0 radical (unpaired) electrons. The van der Waals surface area contributed by atoms with E-state index >= 15 is 0 Å². The first-order valence-corrected chi connectivity index (χ1v) is 3.21. The Morgan fingerprint density at radius 1 is 1.73 bits per heavy atom. The third-order valence-corrected chi connectivity index (χ3v) is 1.16. The molecule has 0 spiro atoms. The molecule has 1 aliphatic heterocycles. The van der Waals surface area contributed by atoms with Gasteiger partial charge in [-0.3, -0.25) is 0 Å². The van der Waals surface area contributed by atoms with Crippen LogP contribution in [0.3, 0.4) is 0 Å². The van der Waals surface area contributed by atoms with Crippen molar-refractivity contribution in [2.45, 2.75) is 13.0 Å². The molecule has 0 aromatic heterocycles. The smallest absolute Gasteiger partial charge is 0.234 e. The largest absolute Gasteiger partial charge is 0.475 e. The number of ether oxygens (including phenoxy) is 1. The fraction of sp³-hybridized carbons (Fsp3) is 0.800. The maximum Gasteiger partial charge on any atom is 0.234 e. The predicted molar refractivity (Wildman–Crippen MR) is 37.9 cm³/mol. The van der Waals surface area contributed by atoms with Gasteiger partial charge in [0.1, 0.15) is 12.6 Å². The number of rotatable bonds is 2. The second-order valence-corrected chi connectivity index (χ2v) is 1.99. The number of hydrogen-bond donors (Lipinski definition) is 0. The lowest BCUT2D eigenvalue weighted by molar-refractivity contribution is 0.0607. The van der Waals surface area contributed by atoms with E-state index in [9.17, 15) is 0 Å². The summed E-state index contributed by atoms with van der Waals surface area (Å²) in [5.41, 5.74) is 8.07. The molecule has 1 aliphatic rings. The Balaban J connectivity index is 2.57. The highest BCUT2D eigenvalue weighted by molar-refractivity contribution is 5.81. The minimum atomic E-state index is -0.389. The van der Waals surface area contributed by atoms with Gasteiger partial charge in [-0.25, -0.2) is 0 Å². The predicted octanol–water partition coefficient (Wildman–Crippen LogP) is 1.05. The van der Waals surface area contributed by atoms with Crippen LogP contribution in [0.15, 0.2) is 10.3 Å².